The summed E-state index contributed by atoms with van der Waals surface area (Å²) in [6.45, 7) is 5.02. The van der Waals surface area contributed by atoms with Gasteiger partial charge in [0.25, 0.3) is 0 Å². The molecule has 0 aromatic heterocycles. The molecule has 3 aliphatic rings. The van der Waals surface area contributed by atoms with Gasteiger partial charge in [-0.15, -0.1) is 0 Å². The van der Waals surface area contributed by atoms with E-state index in [1.54, 1.807) is 0 Å². The van der Waals surface area contributed by atoms with Crippen LogP contribution < -0.4 is 0 Å². The van der Waals surface area contributed by atoms with Crippen LogP contribution in [0.1, 0.15) is 39.5 Å². The van der Waals surface area contributed by atoms with Crippen LogP contribution in [0.15, 0.2) is 12.2 Å². The third-order valence-corrected chi connectivity index (χ3v) is 5.42. The number of fused-ring (bicyclic) bond motifs is 5. The molecule has 0 aliphatic heterocycles. The maximum Gasteiger partial charge on any atom is -0.00588 e. The molecular formula is C12H18. The molecule has 2 bridgehead atoms. The van der Waals surface area contributed by atoms with E-state index in [0.717, 1.165) is 11.8 Å². The van der Waals surface area contributed by atoms with Crippen molar-refractivity contribution in [1.82, 2.24) is 0 Å². The zero-order valence-electron chi connectivity index (χ0n) is 8.14. The van der Waals surface area contributed by atoms with Crippen LogP contribution in [0.4, 0.5) is 0 Å². The molecule has 66 valence electrons. The quantitative estimate of drug-likeness (QED) is 0.479. The van der Waals surface area contributed by atoms with Gasteiger partial charge < -0.3 is 0 Å². The first kappa shape index (κ1) is 7.17. The molecule has 3 aliphatic carbocycles. The van der Waals surface area contributed by atoms with Crippen molar-refractivity contribution < 1.29 is 0 Å². The number of hydrogen-bond donors (Lipinski definition) is 0. The van der Waals surface area contributed by atoms with E-state index in [1.165, 1.54) is 25.7 Å². The van der Waals surface area contributed by atoms with Gasteiger partial charge in [0.1, 0.15) is 0 Å². The summed E-state index contributed by atoms with van der Waals surface area (Å²) in [7, 11) is 0. The van der Waals surface area contributed by atoms with E-state index in [-0.39, 0.29) is 0 Å². The van der Waals surface area contributed by atoms with Crippen LogP contribution in [0.25, 0.3) is 0 Å². The Morgan fingerprint density at radius 2 is 1.92 bits per heavy atom. The summed E-state index contributed by atoms with van der Waals surface area (Å²) in [5.74, 6) is 2.06. The fourth-order valence-electron chi connectivity index (χ4n) is 4.27. The maximum atomic E-state index is 2.52. The summed E-state index contributed by atoms with van der Waals surface area (Å²) < 4.78 is 0. The van der Waals surface area contributed by atoms with Crippen LogP contribution in [-0.2, 0) is 0 Å². The zero-order valence-corrected chi connectivity index (χ0v) is 8.14. The van der Waals surface area contributed by atoms with E-state index >= 15 is 0 Å². The topological polar surface area (TPSA) is 0 Å². The molecule has 0 amide bonds. The van der Waals surface area contributed by atoms with Crippen LogP contribution in [0, 0.1) is 22.7 Å². The fourth-order valence-corrected chi connectivity index (χ4v) is 4.27. The molecule has 2 saturated carbocycles. The number of allylic oxidation sites excluding steroid dienone is 2. The van der Waals surface area contributed by atoms with Crippen molar-refractivity contribution in [2.75, 3.05) is 0 Å². The van der Waals surface area contributed by atoms with E-state index in [0.29, 0.717) is 10.8 Å². The first-order chi connectivity index (χ1) is 5.67. The first-order valence-corrected chi connectivity index (χ1v) is 5.34. The van der Waals surface area contributed by atoms with E-state index in [1.807, 2.05) is 0 Å². The monoisotopic (exact) mass is 162 g/mol. The largest absolute Gasteiger partial charge is 0.0874 e. The van der Waals surface area contributed by atoms with E-state index < -0.39 is 0 Å². The second kappa shape index (κ2) is 1.81. The molecule has 0 saturated heterocycles. The lowest BCUT2D eigenvalue weighted by atomic mass is 9.60. The van der Waals surface area contributed by atoms with Crippen LogP contribution in [0.5, 0.6) is 0 Å². The van der Waals surface area contributed by atoms with Gasteiger partial charge in [-0.1, -0.05) is 26.0 Å². The van der Waals surface area contributed by atoms with Gasteiger partial charge >= 0.3 is 0 Å². The predicted molar refractivity (Wildman–Crippen MR) is 50.8 cm³/mol. The predicted octanol–water partition coefficient (Wildman–Crippen LogP) is 3.39. The zero-order chi connectivity index (χ0) is 8.40. The molecular weight excluding hydrogens is 144 g/mol. The SMILES string of the molecule is C[C@@]12C=CC[C@]1(C)[C@H]1CC[C@@H]2C1. The molecule has 0 heteroatoms. The molecule has 2 fully saturated rings. The smallest absolute Gasteiger partial charge is 0.00588 e. The van der Waals surface area contributed by atoms with Crippen molar-refractivity contribution in [2.24, 2.45) is 22.7 Å². The molecule has 3 rings (SSSR count). The highest BCUT2D eigenvalue weighted by molar-refractivity contribution is 5.24. The summed E-state index contributed by atoms with van der Waals surface area (Å²) in [6, 6.07) is 0. The highest BCUT2D eigenvalue weighted by Gasteiger charge is 2.62. The average molecular weight is 162 g/mol. The summed E-state index contributed by atoms with van der Waals surface area (Å²) in [5.41, 5.74) is 1.23. The minimum absolute atomic E-state index is 0.579. The van der Waals surface area contributed by atoms with Crippen LogP contribution >= 0.6 is 0 Å². The Balaban J connectivity index is 2.12. The molecule has 0 radical (unpaired) electrons. The third kappa shape index (κ3) is 0.522. The van der Waals surface area contributed by atoms with Crippen molar-refractivity contribution >= 4 is 0 Å². The average Bonchev–Trinajstić information content (AvgIpc) is 2.61. The van der Waals surface area contributed by atoms with Gasteiger partial charge in [-0.3, -0.25) is 0 Å². The van der Waals surface area contributed by atoms with Crippen molar-refractivity contribution in [3.8, 4) is 0 Å². The standard InChI is InChI=1S/C12H18/c1-11-6-3-7-12(11,2)10-5-4-9(11)8-10/h3,6,9-10H,4-5,7-8H2,1-2H3/t9-,10+,11+,12-/m1/s1. The summed E-state index contributed by atoms with van der Waals surface area (Å²) in [5, 5.41) is 0. The van der Waals surface area contributed by atoms with E-state index in [4.69, 9.17) is 0 Å². The molecule has 0 N–H and O–H groups in total. The van der Waals surface area contributed by atoms with Crippen molar-refractivity contribution in [3.05, 3.63) is 12.2 Å². The fraction of sp³-hybridized carbons (Fsp3) is 0.833. The van der Waals surface area contributed by atoms with Crippen molar-refractivity contribution in [1.29, 1.82) is 0 Å². The van der Waals surface area contributed by atoms with Crippen LogP contribution in [0.3, 0.4) is 0 Å². The third-order valence-electron chi connectivity index (χ3n) is 5.42. The Hall–Kier alpha value is -0.260. The van der Waals surface area contributed by atoms with Gasteiger partial charge in [0.05, 0.1) is 0 Å². The minimum atomic E-state index is 0.579. The Morgan fingerprint density at radius 3 is 2.67 bits per heavy atom. The highest BCUT2D eigenvalue weighted by atomic mass is 14.7. The molecule has 0 aromatic carbocycles. The lowest BCUT2D eigenvalue weighted by Crippen LogP contribution is -2.38. The van der Waals surface area contributed by atoms with Gasteiger partial charge in [0.15, 0.2) is 0 Å². The van der Waals surface area contributed by atoms with Crippen LogP contribution in [-0.4, -0.2) is 0 Å². The molecule has 0 aromatic rings. The Labute approximate surface area is 75.0 Å². The number of rotatable bonds is 0. The van der Waals surface area contributed by atoms with Crippen LogP contribution in [0.2, 0.25) is 0 Å². The second-order valence-electron chi connectivity index (χ2n) is 5.51. The Morgan fingerprint density at radius 1 is 1.17 bits per heavy atom. The van der Waals surface area contributed by atoms with Gasteiger partial charge in [-0.05, 0) is 48.3 Å². The molecule has 0 unspecified atom stereocenters. The summed E-state index contributed by atoms with van der Waals surface area (Å²) in [4.78, 5) is 0. The summed E-state index contributed by atoms with van der Waals surface area (Å²) in [6.07, 6.45) is 10.9. The van der Waals surface area contributed by atoms with E-state index in [9.17, 15) is 0 Å². The lowest BCUT2D eigenvalue weighted by Gasteiger charge is -2.44. The Kier molecular flexibility index (Phi) is 1.08. The molecule has 4 atom stereocenters. The second-order valence-corrected chi connectivity index (χ2v) is 5.51. The number of hydrogen-bond acceptors (Lipinski definition) is 0. The summed E-state index contributed by atoms with van der Waals surface area (Å²) >= 11 is 0. The van der Waals surface area contributed by atoms with Crippen molar-refractivity contribution in [2.45, 2.75) is 39.5 Å². The molecule has 0 heterocycles. The van der Waals surface area contributed by atoms with Gasteiger partial charge in [0, 0.05) is 0 Å². The normalized spacial score (nSPS) is 61.2. The maximum absolute atomic E-state index is 2.52. The lowest BCUT2D eigenvalue weighted by molar-refractivity contribution is 0.0657. The molecule has 0 nitrogen and oxygen atoms in total. The first-order valence-electron chi connectivity index (χ1n) is 5.34. The van der Waals surface area contributed by atoms with Gasteiger partial charge in [-0.2, -0.15) is 0 Å². The van der Waals surface area contributed by atoms with Gasteiger partial charge in [-0.25, -0.2) is 0 Å². The Bertz CT molecular complexity index is 253. The van der Waals surface area contributed by atoms with Crippen molar-refractivity contribution in [3.63, 3.8) is 0 Å². The molecule has 12 heavy (non-hydrogen) atoms. The highest BCUT2D eigenvalue weighted by Crippen LogP contribution is 2.70. The minimum Gasteiger partial charge on any atom is -0.0874 e. The van der Waals surface area contributed by atoms with Gasteiger partial charge in [0.2, 0.25) is 0 Å². The van der Waals surface area contributed by atoms with E-state index in [2.05, 4.69) is 26.0 Å². The molecule has 0 spiro atoms.